The van der Waals surface area contributed by atoms with Gasteiger partial charge in [0, 0.05) is 6.20 Å². The van der Waals surface area contributed by atoms with Crippen LogP contribution in [-0.4, -0.2) is 9.97 Å². The van der Waals surface area contributed by atoms with Gasteiger partial charge in [-0.25, -0.2) is 9.97 Å². The van der Waals surface area contributed by atoms with Crippen LogP contribution in [0.4, 0.5) is 0 Å². The van der Waals surface area contributed by atoms with E-state index in [1.807, 2.05) is 6.07 Å². The molecule has 0 fully saturated rings. The van der Waals surface area contributed by atoms with E-state index < -0.39 is 0 Å². The fourth-order valence-electron chi connectivity index (χ4n) is 0.872. The van der Waals surface area contributed by atoms with Gasteiger partial charge in [0.05, 0.1) is 4.70 Å². The molecule has 2 heterocycles. The summed E-state index contributed by atoms with van der Waals surface area (Å²) in [4.78, 5) is 7.85. The average Bonchev–Trinajstić information content (AvgIpc) is 2.49. The van der Waals surface area contributed by atoms with Crippen LogP contribution < -0.4 is 0 Å². The van der Waals surface area contributed by atoms with E-state index in [9.17, 15) is 0 Å². The molecule has 0 saturated carbocycles. The van der Waals surface area contributed by atoms with Crippen molar-refractivity contribution in [2.75, 3.05) is 0 Å². The second-order valence-corrected chi connectivity index (χ2v) is 3.47. The third kappa shape index (κ3) is 1.04. The molecule has 12 heavy (non-hydrogen) atoms. The first-order valence-corrected chi connectivity index (χ1v) is 4.32. The van der Waals surface area contributed by atoms with Crippen molar-refractivity contribution in [1.29, 1.82) is 5.26 Å². The Bertz CT molecular complexity index is 471. The molecule has 0 aromatic carbocycles. The molecule has 3 nitrogen and oxygen atoms in total. The van der Waals surface area contributed by atoms with Gasteiger partial charge in [0.25, 0.3) is 0 Å². The first-order valence-electron chi connectivity index (χ1n) is 3.12. The number of hydrogen-bond donors (Lipinski definition) is 0. The molecular weight excluding hydrogens is 194 g/mol. The lowest BCUT2D eigenvalue weighted by Crippen LogP contribution is -1.75. The molecule has 0 aliphatic carbocycles. The Balaban J connectivity index is 2.85. The summed E-state index contributed by atoms with van der Waals surface area (Å²) in [6.07, 6.45) is 1.60. The number of halogens is 1. The summed E-state index contributed by atoms with van der Waals surface area (Å²) in [6, 6.07) is 3.76. The summed E-state index contributed by atoms with van der Waals surface area (Å²) < 4.78 is 0.895. The minimum Gasteiger partial charge on any atom is -0.242 e. The van der Waals surface area contributed by atoms with Crippen molar-refractivity contribution in [3.8, 4) is 6.07 Å². The summed E-state index contributed by atoms with van der Waals surface area (Å²) in [5, 5.41) is 9.33. The van der Waals surface area contributed by atoms with Crippen LogP contribution in [0.1, 0.15) is 5.01 Å². The molecule has 0 aliphatic heterocycles. The van der Waals surface area contributed by atoms with Gasteiger partial charge in [0.2, 0.25) is 0 Å². The molecule has 0 unspecified atom stereocenters. The van der Waals surface area contributed by atoms with Crippen molar-refractivity contribution >= 4 is 33.2 Å². The fraction of sp³-hybridized carbons (Fsp3) is 0. The first kappa shape index (κ1) is 7.47. The summed E-state index contributed by atoms with van der Waals surface area (Å²) in [6.45, 7) is 0. The van der Waals surface area contributed by atoms with Gasteiger partial charge >= 0.3 is 0 Å². The molecule has 5 heteroatoms. The van der Waals surface area contributed by atoms with Crippen LogP contribution in [0.5, 0.6) is 0 Å². The highest BCUT2D eigenvalue weighted by atomic mass is 35.5. The van der Waals surface area contributed by atoms with Gasteiger partial charge in [-0.05, 0) is 6.07 Å². The van der Waals surface area contributed by atoms with E-state index in [0.717, 1.165) is 4.70 Å². The largest absolute Gasteiger partial charge is 0.242 e. The van der Waals surface area contributed by atoms with Crippen molar-refractivity contribution in [1.82, 2.24) is 9.97 Å². The predicted molar refractivity (Wildman–Crippen MR) is 47.1 cm³/mol. The molecule has 2 rings (SSSR count). The average molecular weight is 196 g/mol. The summed E-state index contributed by atoms with van der Waals surface area (Å²) in [5.41, 5.74) is 0.612. The highest BCUT2D eigenvalue weighted by Crippen LogP contribution is 2.25. The number of pyridine rings is 1. The van der Waals surface area contributed by atoms with Gasteiger partial charge in [-0.2, -0.15) is 5.26 Å². The number of rotatable bonds is 0. The molecule has 0 bridgehead atoms. The van der Waals surface area contributed by atoms with Crippen LogP contribution in [0.3, 0.4) is 0 Å². The number of nitriles is 1. The van der Waals surface area contributed by atoms with Crippen LogP contribution in [0.15, 0.2) is 12.3 Å². The normalized spacial score (nSPS) is 10.0. The van der Waals surface area contributed by atoms with Crippen LogP contribution in [0.25, 0.3) is 10.2 Å². The highest BCUT2D eigenvalue weighted by molar-refractivity contribution is 7.19. The number of hydrogen-bond acceptors (Lipinski definition) is 4. The van der Waals surface area contributed by atoms with Crippen LogP contribution in [0, 0.1) is 11.3 Å². The first-order chi connectivity index (χ1) is 5.81. The van der Waals surface area contributed by atoms with Crippen molar-refractivity contribution in [2.24, 2.45) is 0 Å². The van der Waals surface area contributed by atoms with E-state index in [0.29, 0.717) is 15.7 Å². The quantitative estimate of drug-likeness (QED) is 0.606. The van der Waals surface area contributed by atoms with E-state index in [-0.39, 0.29) is 0 Å². The third-order valence-corrected chi connectivity index (χ3v) is 2.56. The number of fused-ring (bicyclic) bond motifs is 1. The molecule has 58 valence electrons. The number of nitrogens with zero attached hydrogens (tertiary/aromatic N) is 3. The second-order valence-electron chi connectivity index (χ2n) is 2.08. The van der Waals surface area contributed by atoms with Crippen molar-refractivity contribution in [2.45, 2.75) is 0 Å². The Hall–Kier alpha value is -1.18. The topological polar surface area (TPSA) is 49.6 Å². The lowest BCUT2D eigenvalue weighted by molar-refractivity contribution is 1.32. The molecule has 0 spiro atoms. The smallest absolute Gasteiger partial charge is 0.195 e. The van der Waals surface area contributed by atoms with E-state index in [4.69, 9.17) is 16.9 Å². The number of aromatic nitrogens is 2. The van der Waals surface area contributed by atoms with Gasteiger partial charge in [-0.3, -0.25) is 0 Å². The molecular formula is C7H2ClN3S. The Morgan fingerprint density at radius 3 is 3.08 bits per heavy atom. The van der Waals surface area contributed by atoms with E-state index in [1.54, 1.807) is 12.3 Å². The van der Waals surface area contributed by atoms with E-state index in [2.05, 4.69) is 9.97 Å². The third-order valence-electron chi connectivity index (χ3n) is 1.36. The van der Waals surface area contributed by atoms with E-state index >= 15 is 0 Å². The lowest BCUT2D eigenvalue weighted by atomic mass is 10.4. The zero-order valence-electron chi connectivity index (χ0n) is 5.78. The number of thiazole rings is 1. The van der Waals surface area contributed by atoms with Gasteiger partial charge < -0.3 is 0 Å². The Morgan fingerprint density at radius 2 is 2.42 bits per heavy atom. The Kier molecular flexibility index (Phi) is 1.68. The maximum absolute atomic E-state index is 8.56. The monoisotopic (exact) mass is 195 g/mol. The summed E-state index contributed by atoms with van der Waals surface area (Å²) >= 11 is 7.07. The maximum atomic E-state index is 8.56. The van der Waals surface area contributed by atoms with Crippen LogP contribution in [0.2, 0.25) is 5.15 Å². The van der Waals surface area contributed by atoms with Gasteiger partial charge in [0.1, 0.15) is 11.6 Å². The van der Waals surface area contributed by atoms with Gasteiger partial charge in [-0.1, -0.05) is 11.6 Å². The predicted octanol–water partition coefficient (Wildman–Crippen LogP) is 2.22. The standard InChI is InChI=1S/C7H2ClN3S/c8-7-6-4(1-2-10-7)12-5(3-9)11-6/h1-2H. The minimum atomic E-state index is 0.352. The fourth-order valence-corrected chi connectivity index (χ4v) is 1.89. The van der Waals surface area contributed by atoms with E-state index in [1.165, 1.54) is 11.3 Å². The zero-order chi connectivity index (χ0) is 8.55. The minimum absolute atomic E-state index is 0.352. The molecule has 0 radical (unpaired) electrons. The molecule has 0 saturated heterocycles. The van der Waals surface area contributed by atoms with Crippen molar-refractivity contribution in [3.63, 3.8) is 0 Å². The molecule has 0 atom stereocenters. The Morgan fingerprint density at radius 1 is 1.58 bits per heavy atom. The van der Waals surface area contributed by atoms with Gasteiger partial charge in [0.15, 0.2) is 10.2 Å². The lowest BCUT2D eigenvalue weighted by Gasteiger charge is -1.86. The molecule has 0 aliphatic rings. The summed E-state index contributed by atoms with van der Waals surface area (Å²) in [5.74, 6) is 0. The maximum Gasteiger partial charge on any atom is 0.195 e. The molecule has 0 N–H and O–H groups in total. The van der Waals surface area contributed by atoms with Crippen LogP contribution >= 0.6 is 22.9 Å². The zero-order valence-corrected chi connectivity index (χ0v) is 7.35. The Labute approximate surface area is 77.3 Å². The highest BCUT2D eigenvalue weighted by Gasteiger charge is 2.05. The van der Waals surface area contributed by atoms with Gasteiger partial charge in [-0.15, -0.1) is 11.3 Å². The summed E-state index contributed by atoms with van der Waals surface area (Å²) in [7, 11) is 0. The molecule has 2 aromatic heterocycles. The van der Waals surface area contributed by atoms with Crippen LogP contribution in [-0.2, 0) is 0 Å². The molecule has 0 amide bonds. The SMILES string of the molecule is N#Cc1nc2c(Cl)nccc2s1. The molecule has 2 aromatic rings. The van der Waals surface area contributed by atoms with Crippen molar-refractivity contribution < 1.29 is 0 Å². The second kappa shape index (κ2) is 2.70. The van der Waals surface area contributed by atoms with Crippen molar-refractivity contribution in [3.05, 3.63) is 22.4 Å².